The fraction of sp³-hybridized carbons (Fsp3) is 0.391. The molecule has 8 nitrogen and oxygen atoms in total. The highest BCUT2D eigenvalue weighted by molar-refractivity contribution is 7.80. The van der Waals surface area contributed by atoms with Gasteiger partial charge in [-0.3, -0.25) is 10.1 Å². The fourth-order valence-corrected chi connectivity index (χ4v) is 4.21. The Morgan fingerprint density at radius 3 is 2.18 bits per heavy atom. The largest absolute Gasteiger partial charge is 0.493 e. The molecule has 0 saturated carbocycles. The van der Waals surface area contributed by atoms with E-state index in [1.165, 1.54) is 21.3 Å². The van der Waals surface area contributed by atoms with Crippen molar-refractivity contribution in [2.75, 3.05) is 64.3 Å². The number of rotatable bonds is 7. The lowest BCUT2D eigenvalue weighted by atomic mass is 10.1. The second-order valence-electron chi connectivity index (χ2n) is 7.41. The molecule has 178 valence electrons. The van der Waals surface area contributed by atoms with Crippen molar-refractivity contribution in [1.29, 1.82) is 0 Å². The van der Waals surface area contributed by atoms with Gasteiger partial charge < -0.3 is 29.3 Å². The summed E-state index contributed by atoms with van der Waals surface area (Å²) in [5, 5.41) is 6.45. The number of hydrogen-bond donors (Lipinski definition) is 2. The normalized spacial score (nSPS) is 13.9. The van der Waals surface area contributed by atoms with Crippen molar-refractivity contribution in [3.05, 3.63) is 40.9 Å². The van der Waals surface area contributed by atoms with Crippen molar-refractivity contribution in [2.24, 2.45) is 0 Å². The molecule has 0 aromatic heterocycles. The SMILES string of the molecule is CCN1CCN(c2ccc(NC(=S)NC(=O)c3cc(OC)c(OC)c(OC)c3)cc2Cl)CC1. The standard InChI is InChI=1S/C23H29ClN4O4S/c1-5-27-8-10-28(11-9-27)18-7-6-16(14-17(18)24)25-23(33)26-22(29)15-12-19(30-2)21(32-4)20(13-15)31-3/h6-7,12-14H,5,8-11H2,1-4H3,(H2,25,26,29,33). The summed E-state index contributed by atoms with van der Waals surface area (Å²) >= 11 is 11.9. The van der Waals surface area contributed by atoms with Crippen molar-refractivity contribution in [2.45, 2.75) is 6.92 Å². The predicted molar refractivity (Wildman–Crippen MR) is 136 cm³/mol. The summed E-state index contributed by atoms with van der Waals surface area (Å²) < 4.78 is 15.9. The highest BCUT2D eigenvalue weighted by Crippen LogP contribution is 2.38. The maximum atomic E-state index is 12.7. The molecule has 1 heterocycles. The topological polar surface area (TPSA) is 75.3 Å². The number of anilines is 2. The first-order chi connectivity index (χ1) is 15.9. The number of hydrogen-bond acceptors (Lipinski definition) is 7. The molecule has 2 aromatic rings. The van der Waals surface area contributed by atoms with Gasteiger partial charge >= 0.3 is 0 Å². The van der Waals surface area contributed by atoms with Crippen molar-refractivity contribution in [1.82, 2.24) is 10.2 Å². The lowest BCUT2D eigenvalue weighted by Gasteiger charge is -2.36. The molecule has 33 heavy (non-hydrogen) atoms. The number of benzene rings is 2. The Hall–Kier alpha value is -2.75. The third-order valence-electron chi connectivity index (χ3n) is 5.52. The lowest BCUT2D eigenvalue weighted by molar-refractivity contribution is 0.0977. The van der Waals surface area contributed by atoms with E-state index in [0.29, 0.717) is 33.5 Å². The van der Waals surface area contributed by atoms with E-state index in [4.69, 9.17) is 38.0 Å². The predicted octanol–water partition coefficient (Wildman–Crippen LogP) is 3.63. The number of nitrogens with zero attached hydrogens (tertiary/aromatic N) is 2. The molecule has 3 rings (SSSR count). The molecule has 1 saturated heterocycles. The van der Waals surface area contributed by atoms with E-state index in [9.17, 15) is 4.79 Å². The molecule has 2 aromatic carbocycles. The number of likely N-dealkylation sites (N-methyl/N-ethyl adjacent to an activating group) is 1. The van der Waals surface area contributed by atoms with E-state index in [2.05, 4.69) is 27.4 Å². The van der Waals surface area contributed by atoms with Crippen LogP contribution in [0, 0.1) is 0 Å². The number of thiocarbonyl (C=S) groups is 1. The highest BCUT2D eigenvalue weighted by Gasteiger charge is 2.19. The van der Waals surface area contributed by atoms with Crippen LogP contribution < -0.4 is 29.7 Å². The van der Waals surface area contributed by atoms with Gasteiger partial charge in [0.05, 0.1) is 32.0 Å². The van der Waals surface area contributed by atoms with E-state index in [1.807, 2.05) is 12.1 Å². The second-order valence-corrected chi connectivity index (χ2v) is 8.23. The van der Waals surface area contributed by atoms with Gasteiger partial charge in [-0.25, -0.2) is 0 Å². The van der Waals surface area contributed by atoms with Crippen LogP contribution in [0.1, 0.15) is 17.3 Å². The summed E-state index contributed by atoms with van der Waals surface area (Å²) in [7, 11) is 4.48. The summed E-state index contributed by atoms with van der Waals surface area (Å²) in [5.41, 5.74) is 1.99. The third kappa shape index (κ3) is 5.98. The Kier molecular flexibility index (Phi) is 8.60. The maximum absolute atomic E-state index is 12.7. The smallest absolute Gasteiger partial charge is 0.257 e. The van der Waals surface area contributed by atoms with Crippen molar-refractivity contribution in [3.63, 3.8) is 0 Å². The molecule has 1 amide bonds. The molecule has 1 aliphatic heterocycles. The van der Waals surface area contributed by atoms with E-state index in [0.717, 1.165) is 38.4 Å². The summed E-state index contributed by atoms with van der Waals surface area (Å²) in [6.45, 7) is 7.14. The number of piperazine rings is 1. The van der Waals surface area contributed by atoms with E-state index < -0.39 is 5.91 Å². The molecule has 1 fully saturated rings. The van der Waals surface area contributed by atoms with Crippen molar-refractivity contribution < 1.29 is 19.0 Å². The fourth-order valence-electron chi connectivity index (χ4n) is 3.70. The van der Waals surface area contributed by atoms with Gasteiger partial charge in [0.2, 0.25) is 5.75 Å². The molecule has 0 atom stereocenters. The van der Waals surface area contributed by atoms with Crippen LogP contribution in [-0.2, 0) is 0 Å². The van der Waals surface area contributed by atoms with Crippen molar-refractivity contribution >= 4 is 46.2 Å². The summed E-state index contributed by atoms with van der Waals surface area (Å²) in [5.74, 6) is 0.748. The van der Waals surface area contributed by atoms with Gasteiger partial charge in [-0.15, -0.1) is 0 Å². The first-order valence-electron chi connectivity index (χ1n) is 10.6. The monoisotopic (exact) mass is 492 g/mol. The minimum absolute atomic E-state index is 0.147. The molecule has 0 radical (unpaired) electrons. The Morgan fingerprint density at radius 1 is 1.03 bits per heavy atom. The summed E-state index contributed by atoms with van der Waals surface area (Å²) in [4.78, 5) is 17.4. The Bertz CT molecular complexity index is 987. The number of amides is 1. The van der Waals surface area contributed by atoms with Gasteiger partial charge in [0.1, 0.15) is 0 Å². The quantitative estimate of drug-likeness (QED) is 0.567. The minimum Gasteiger partial charge on any atom is -0.493 e. The summed E-state index contributed by atoms with van der Waals surface area (Å²) in [6, 6.07) is 8.79. The van der Waals surface area contributed by atoms with Crippen LogP contribution in [0.4, 0.5) is 11.4 Å². The van der Waals surface area contributed by atoms with Crippen LogP contribution in [0.5, 0.6) is 17.2 Å². The molecule has 0 unspecified atom stereocenters. The van der Waals surface area contributed by atoms with Crippen molar-refractivity contribution in [3.8, 4) is 17.2 Å². The Morgan fingerprint density at radius 2 is 1.67 bits per heavy atom. The zero-order chi connectivity index (χ0) is 24.0. The zero-order valence-electron chi connectivity index (χ0n) is 19.2. The molecular weight excluding hydrogens is 464 g/mol. The molecule has 1 aliphatic rings. The average Bonchev–Trinajstić information content (AvgIpc) is 2.83. The molecule has 0 aliphatic carbocycles. The van der Waals surface area contributed by atoms with Gasteiger partial charge in [0.25, 0.3) is 5.91 Å². The molecule has 2 N–H and O–H groups in total. The van der Waals surface area contributed by atoms with E-state index in [-0.39, 0.29) is 5.11 Å². The van der Waals surface area contributed by atoms with E-state index >= 15 is 0 Å². The Labute approximate surface area is 204 Å². The number of methoxy groups -OCH3 is 3. The van der Waals surface area contributed by atoms with E-state index in [1.54, 1.807) is 18.2 Å². The average molecular weight is 493 g/mol. The van der Waals surface area contributed by atoms with Gasteiger partial charge in [-0.05, 0) is 49.1 Å². The van der Waals surface area contributed by atoms with Gasteiger partial charge in [-0.2, -0.15) is 0 Å². The third-order valence-corrected chi connectivity index (χ3v) is 6.03. The van der Waals surface area contributed by atoms with Crippen LogP contribution in [0.15, 0.2) is 30.3 Å². The first-order valence-corrected chi connectivity index (χ1v) is 11.4. The lowest BCUT2D eigenvalue weighted by Crippen LogP contribution is -2.46. The molecule has 0 bridgehead atoms. The zero-order valence-corrected chi connectivity index (χ0v) is 20.8. The van der Waals surface area contributed by atoms with Gasteiger partial charge in [0.15, 0.2) is 16.6 Å². The van der Waals surface area contributed by atoms with Gasteiger partial charge in [0, 0.05) is 37.4 Å². The molecular formula is C23H29ClN4O4S. The minimum atomic E-state index is -0.414. The van der Waals surface area contributed by atoms with Crippen LogP contribution in [-0.4, -0.2) is 70.0 Å². The van der Waals surface area contributed by atoms with Crippen LogP contribution >= 0.6 is 23.8 Å². The van der Waals surface area contributed by atoms with Crippen LogP contribution in [0.3, 0.4) is 0 Å². The number of carbonyl (C=O) groups excluding carboxylic acids is 1. The first kappa shape index (κ1) is 24.9. The van der Waals surface area contributed by atoms with Crippen LogP contribution in [0.25, 0.3) is 0 Å². The highest BCUT2D eigenvalue weighted by atomic mass is 35.5. The van der Waals surface area contributed by atoms with Crippen LogP contribution in [0.2, 0.25) is 5.02 Å². The summed E-state index contributed by atoms with van der Waals surface area (Å²) in [6.07, 6.45) is 0. The van der Waals surface area contributed by atoms with Gasteiger partial charge in [-0.1, -0.05) is 18.5 Å². The number of carbonyl (C=O) groups is 1. The maximum Gasteiger partial charge on any atom is 0.257 e. The number of nitrogens with one attached hydrogen (secondary N) is 2. The molecule has 10 heteroatoms. The molecule has 0 spiro atoms. The number of halogens is 1. The Balaban J connectivity index is 1.65. The second kappa shape index (κ2) is 11.4. The number of ether oxygens (including phenoxy) is 3.